The molecule has 0 aliphatic carbocycles. The number of fused-ring (bicyclic) bond motifs is 1. The largest absolute Gasteiger partial charge is 0.489 e. The Morgan fingerprint density at radius 3 is 2.47 bits per heavy atom. The number of hydrogen-bond donors (Lipinski definition) is 2. The number of methoxy groups -OCH3 is 1. The molecule has 0 saturated heterocycles. The Balaban J connectivity index is 2.75. The summed E-state index contributed by atoms with van der Waals surface area (Å²) < 4.78 is 18.9. The molecule has 0 heterocycles. The van der Waals surface area contributed by atoms with E-state index in [1.807, 2.05) is 0 Å². The summed E-state index contributed by atoms with van der Waals surface area (Å²) in [6, 6.07) is 8.12. The molecule has 0 bridgehead atoms. The van der Waals surface area contributed by atoms with Crippen molar-refractivity contribution in [2.75, 3.05) is 7.11 Å². The zero-order valence-corrected chi connectivity index (χ0v) is 9.35. The number of rotatable bonds is 3. The molecule has 0 atom stereocenters. The van der Waals surface area contributed by atoms with Crippen LogP contribution in [0.15, 0.2) is 30.3 Å². The first-order chi connectivity index (χ1) is 8.15. The van der Waals surface area contributed by atoms with E-state index in [0.29, 0.717) is 16.3 Å². The van der Waals surface area contributed by atoms with E-state index in [1.54, 1.807) is 24.3 Å². The first-order valence-electron chi connectivity index (χ1n) is 5.20. The lowest BCUT2D eigenvalue weighted by Gasteiger charge is -2.11. The van der Waals surface area contributed by atoms with Crippen LogP contribution >= 0.6 is 0 Å². The molecule has 2 rings (SSSR count). The van der Waals surface area contributed by atoms with Crippen molar-refractivity contribution in [3.05, 3.63) is 41.7 Å². The van der Waals surface area contributed by atoms with Crippen LogP contribution in [0.2, 0.25) is 0 Å². The van der Waals surface area contributed by atoms with E-state index in [1.165, 1.54) is 13.2 Å². The van der Waals surface area contributed by atoms with E-state index in [-0.39, 0.29) is 17.9 Å². The van der Waals surface area contributed by atoms with Gasteiger partial charge in [-0.05, 0) is 10.8 Å². The van der Waals surface area contributed by atoms with Crippen LogP contribution in [0.5, 0.6) is 0 Å². The van der Waals surface area contributed by atoms with Crippen molar-refractivity contribution < 1.29 is 19.2 Å². The Labute approximate surface area is 98.6 Å². The molecule has 0 aliphatic rings. The van der Waals surface area contributed by atoms with Crippen LogP contribution in [0.4, 0.5) is 4.39 Å². The molecule has 5 heteroatoms. The number of benzene rings is 2. The first kappa shape index (κ1) is 12.0. The maximum absolute atomic E-state index is 14.1. The van der Waals surface area contributed by atoms with Gasteiger partial charge in [0, 0.05) is 18.1 Å². The minimum atomic E-state index is -1.63. The average molecular weight is 234 g/mol. The van der Waals surface area contributed by atoms with Gasteiger partial charge < -0.3 is 14.8 Å². The fourth-order valence-corrected chi connectivity index (χ4v) is 1.90. The van der Waals surface area contributed by atoms with Crippen LogP contribution in [0.25, 0.3) is 10.8 Å². The molecule has 0 aromatic heterocycles. The molecule has 0 radical (unpaired) electrons. The molecule has 0 aliphatic heterocycles. The highest BCUT2D eigenvalue weighted by Gasteiger charge is 2.19. The van der Waals surface area contributed by atoms with Crippen LogP contribution in [0.1, 0.15) is 5.56 Å². The van der Waals surface area contributed by atoms with Crippen molar-refractivity contribution in [2.45, 2.75) is 6.61 Å². The van der Waals surface area contributed by atoms with Gasteiger partial charge in [-0.15, -0.1) is 0 Å². The summed E-state index contributed by atoms with van der Waals surface area (Å²) in [5.74, 6) is -0.383. The Morgan fingerprint density at radius 1 is 1.24 bits per heavy atom. The van der Waals surface area contributed by atoms with Gasteiger partial charge in [0.05, 0.1) is 6.61 Å². The summed E-state index contributed by atoms with van der Waals surface area (Å²) >= 11 is 0. The van der Waals surface area contributed by atoms with Crippen molar-refractivity contribution in [3.8, 4) is 0 Å². The minimum Gasteiger partial charge on any atom is -0.423 e. The van der Waals surface area contributed by atoms with Crippen LogP contribution in [0, 0.1) is 5.82 Å². The maximum atomic E-state index is 14.1. The van der Waals surface area contributed by atoms with Gasteiger partial charge in [-0.1, -0.05) is 30.3 Å². The van der Waals surface area contributed by atoms with E-state index in [9.17, 15) is 14.4 Å². The van der Waals surface area contributed by atoms with Gasteiger partial charge >= 0.3 is 7.12 Å². The van der Waals surface area contributed by atoms with Crippen LogP contribution in [-0.2, 0) is 11.3 Å². The van der Waals surface area contributed by atoms with E-state index in [0.717, 1.165) is 0 Å². The highest BCUT2D eigenvalue weighted by atomic mass is 19.1. The van der Waals surface area contributed by atoms with Crippen molar-refractivity contribution in [1.82, 2.24) is 0 Å². The minimum absolute atomic E-state index is 0.0936. The predicted molar refractivity (Wildman–Crippen MR) is 64.4 cm³/mol. The quantitative estimate of drug-likeness (QED) is 0.772. The van der Waals surface area contributed by atoms with Gasteiger partial charge in [0.25, 0.3) is 0 Å². The predicted octanol–water partition coefficient (Wildman–Crippen LogP) is 0.805. The molecule has 2 aromatic carbocycles. The van der Waals surface area contributed by atoms with Gasteiger partial charge in [0.1, 0.15) is 5.82 Å². The lowest BCUT2D eigenvalue weighted by molar-refractivity contribution is 0.182. The zero-order chi connectivity index (χ0) is 12.4. The van der Waals surface area contributed by atoms with Crippen molar-refractivity contribution >= 4 is 23.4 Å². The second-order valence-corrected chi connectivity index (χ2v) is 3.79. The van der Waals surface area contributed by atoms with E-state index < -0.39 is 7.12 Å². The highest BCUT2D eigenvalue weighted by Crippen LogP contribution is 2.20. The molecule has 17 heavy (non-hydrogen) atoms. The Bertz CT molecular complexity index is 543. The summed E-state index contributed by atoms with van der Waals surface area (Å²) in [5.41, 5.74) is 0.600. The normalized spacial score (nSPS) is 10.8. The molecular weight excluding hydrogens is 222 g/mol. The monoisotopic (exact) mass is 234 g/mol. The SMILES string of the molecule is COCc1cc(B(O)O)c2ccccc2c1F. The Morgan fingerprint density at radius 2 is 1.88 bits per heavy atom. The third-order valence-corrected chi connectivity index (χ3v) is 2.66. The molecule has 2 aromatic rings. The first-order valence-corrected chi connectivity index (χ1v) is 5.20. The second-order valence-electron chi connectivity index (χ2n) is 3.79. The Kier molecular flexibility index (Phi) is 3.42. The second kappa shape index (κ2) is 4.83. The van der Waals surface area contributed by atoms with Crippen molar-refractivity contribution in [1.29, 1.82) is 0 Å². The maximum Gasteiger partial charge on any atom is 0.489 e. The number of ether oxygens (including phenoxy) is 1. The van der Waals surface area contributed by atoms with E-state index in [4.69, 9.17) is 4.74 Å². The lowest BCUT2D eigenvalue weighted by Crippen LogP contribution is -2.31. The number of hydrogen-bond acceptors (Lipinski definition) is 3. The van der Waals surface area contributed by atoms with E-state index >= 15 is 0 Å². The van der Waals surface area contributed by atoms with E-state index in [2.05, 4.69) is 0 Å². The van der Waals surface area contributed by atoms with Crippen LogP contribution in [-0.4, -0.2) is 24.3 Å². The lowest BCUT2D eigenvalue weighted by atomic mass is 9.76. The molecule has 0 unspecified atom stereocenters. The smallest absolute Gasteiger partial charge is 0.423 e. The topological polar surface area (TPSA) is 49.7 Å². The summed E-state index contributed by atoms with van der Waals surface area (Å²) in [4.78, 5) is 0. The van der Waals surface area contributed by atoms with Gasteiger partial charge in [0.15, 0.2) is 0 Å². The van der Waals surface area contributed by atoms with Crippen LogP contribution in [0.3, 0.4) is 0 Å². The van der Waals surface area contributed by atoms with Gasteiger partial charge in [-0.3, -0.25) is 0 Å². The Hall–Kier alpha value is -1.43. The molecule has 0 saturated carbocycles. The van der Waals surface area contributed by atoms with Crippen LogP contribution < -0.4 is 5.46 Å². The zero-order valence-electron chi connectivity index (χ0n) is 9.35. The molecule has 0 fully saturated rings. The van der Waals surface area contributed by atoms with Gasteiger partial charge in [-0.2, -0.15) is 0 Å². The summed E-state index contributed by atoms with van der Waals surface area (Å²) in [7, 11) is -0.167. The fraction of sp³-hybridized carbons (Fsp3) is 0.167. The summed E-state index contributed by atoms with van der Waals surface area (Å²) in [5, 5.41) is 19.5. The molecule has 3 nitrogen and oxygen atoms in total. The molecule has 0 spiro atoms. The third kappa shape index (κ3) is 2.17. The third-order valence-electron chi connectivity index (χ3n) is 2.66. The summed E-state index contributed by atoms with van der Waals surface area (Å²) in [6.07, 6.45) is 0. The molecule has 88 valence electrons. The molecule has 2 N–H and O–H groups in total. The van der Waals surface area contributed by atoms with Crippen molar-refractivity contribution in [3.63, 3.8) is 0 Å². The van der Waals surface area contributed by atoms with Crippen molar-refractivity contribution in [2.24, 2.45) is 0 Å². The molecule has 0 amide bonds. The number of halogens is 1. The highest BCUT2D eigenvalue weighted by molar-refractivity contribution is 6.62. The van der Waals surface area contributed by atoms with Gasteiger partial charge in [-0.25, -0.2) is 4.39 Å². The standard InChI is InChI=1S/C12H12BFO3/c1-17-7-8-6-11(13(15)16)9-4-2-3-5-10(9)12(8)14/h2-6,15-16H,7H2,1H3. The fourth-order valence-electron chi connectivity index (χ4n) is 1.90. The summed E-state index contributed by atoms with van der Waals surface area (Å²) in [6.45, 7) is 0.0936. The van der Waals surface area contributed by atoms with Gasteiger partial charge in [0.2, 0.25) is 0 Å². The molecular formula is C12H12BFO3. The average Bonchev–Trinajstić information content (AvgIpc) is 2.32.